The lowest BCUT2D eigenvalue weighted by atomic mass is 10.1. The molecule has 0 spiro atoms. The maximum Gasteiger partial charge on any atom is 0.293 e. The molecule has 1 fully saturated rings. The third kappa shape index (κ3) is 5.40. The van der Waals surface area contributed by atoms with Crippen LogP contribution in [0, 0.1) is 0 Å². The van der Waals surface area contributed by atoms with Crippen molar-refractivity contribution < 1.29 is 14.7 Å². The Bertz CT molecular complexity index is 1010. The topological polar surface area (TPSA) is 112 Å². The number of morpholine rings is 1. The van der Waals surface area contributed by atoms with Gasteiger partial charge < -0.3 is 10.1 Å². The molecule has 1 aliphatic rings. The Morgan fingerprint density at radius 3 is 2.55 bits per heavy atom. The number of benzene rings is 1. The molecule has 0 atom stereocenters. The SMILES string of the molecule is O=C(NO)c1cc(NCCN2CCOCC2)nc(-c2ccc(-c3cccnc3)cc2)n1. The van der Waals surface area contributed by atoms with E-state index in [0.717, 1.165) is 49.5 Å². The average molecular weight is 420 g/mol. The van der Waals surface area contributed by atoms with Crippen LogP contribution in [0.3, 0.4) is 0 Å². The lowest BCUT2D eigenvalue weighted by Gasteiger charge is -2.26. The summed E-state index contributed by atoms with van der Waals surface area (Å²) in [6.07, 6.45) is 3.53. The van der Waals surface area contributed by atoms with Gasteiger partial charge in [0.1, 0.15) is 11.5 Å². The van der Waals surface area contributed by atoms with Crippen LogP contribution in [-0.2, 0) is 4.74 Å². The highest BCUT2D eigenvalue weighted by Crippen LogP contribution is 2.23. The van der Waals surface area contributed by atoms with Crippen molar-refractivity contribution in [3.8, 4) is 22.5 Å². The summed E-state index contributed by atoms with van der Waals surface area (Å²) in [7, 11) is 0. The molecule has 0 radical (unpaired) electrons. The van der Waals surface area contributed by atoms with Gasteiger partial charge in [0.05, 0.1) is 13.2 Å². The Kier molecular flexibility index (Phi) is 6.78. The summed E-state index contributed by atoms with van der Waals surface area (Å²) in [4.78, 5) is 27.3. The van der Waals surface area contributed by atoms with Crippen LogP contribution >= 0.6 is 0 Å². The average Bonchev–Trinajstić information content (AvgIpc) is 2.84. The molecular formula is C22H24N6O3. The van der Waals surface area contributed by atoms with Crippen LogP contribution < -0.4 is 10.8 Å². The van der Waals surface area contributed by atoms with Gasteiger partial charge >= 0.3 is 0 Å². The molecule has 1 aromatic carbocycles. The van der Waals surface area contributed by atoms with E-state index in [9.17, 15) is 4.79 Å². The summed E-state index contributed by atoms with van der Waals surface area (Å²) in [5.74, 6) is 0.229. The predicted molar refractivity (Wildman–Crippen MR) is 116 cm³/mol. The maximum atomic E-state index is 12.0. The number of aromatic nitrogens is 3. The number of anilines is 1. The van der Waals surface area contributed by atoms with Crippen LogP contribution in [-0.4, -0.2) is 70.4 Å². The van der Waals surface area contributed by atoms with Gasteiger partial charge in [-0.25, -0.2) is 15.4 Å². The second kappa shape index (κ2) is 10.1. The molecule has 9 heteroatoms. The Morgan fingerprint density at radius 1 is 1.06 bits per heavy atom. The van der Waals surface area contributed by atoms with Crippen LogP contribution in [0.25, 0.3) is 22.5 Å². The Morgan fingerprint density at radius 2 is 1.84 bits per heavy atom. The summed E-state index contributed by atoms with van der Waals surface area (Å²) in [5, 5.41) is 12.3. The number of nitrogens with zero attached hydrogens (tertiary/aromatic N) is 4. The molecule has 3 heterocycles. The van der Waals surface area contributed by atoms with E-state index in [-0.39, 0.29) is 5.69 Å². The fraction of sp³-hybridized carbons (Fsp3) is 0.273. The largest absolute Gasteiger partial charge is 0.379 e. The first kappa shape index (κ1) is 20.9. The minimum atomic E-state index is -0.688. The van der Waals surface area contributed by atoms with Crippen molar-refractivity contribution >= 4 is 11.7 Å². The first-order chi connectivity index (χ1) is 15.2. The van der Waals surface area contributed by atoms with E-state index in [1.54, 1.807) is 17.9 Å². The number of hydrogen-bond donors (Lipinski definition) is 3. The Hall–Kier alpha value is -3.40. The van der Waals surface area contributed by atoms with Crippen molar-refractivity contribution in [1.82, 2.24) is 25.3 Å². The molecule has 1 saturated heterocycles. The van der Waals surface area contributed by atoms with Gasteiger partial charge in [0.25, 0.3) is 5.91 Å². The van der Waals surface area contributed by atoms with Crippen molar-refractivity contribution in [2.75, 3.05) is 44.7 Å². The standard InChI is InChI=1S/C22H24N6O3/c29-22(27-30)19-14-20(24-8-9-28-10-12-31-13-11-28)26-21(25-19)17-5-3-16(4-6-17)18-2-1-7-23-15-18/h1-7,14-15,30H,8-13H2,(H,27,29)(H,24,25,26). The molecule has 0 unspecified atom stereocenters. The summed E-state index contributed by atoms with van der Waals surface area (Å²) in [5.41, 5.74) is 4.51. The molecular weight excluding hydrogens is 396 g/mol. The number of hydroxylamine groups is 1. The Labute approximate surface area is 180 Å². The number of nitrogens with one attached hydrogen (secondary N) is 2. The molecule has 2 aromatic heterocycles. The zero-order chi connectivity index (χ0) is 21.5. The summed E-state index contributed by atoms with van der Waals surface area (Å²) < 4.78 is 5.37. The number of ether oxygens (including phenoxy) is 1. The number of hydrogen-bond acceptors (Lipinski definition) is 8. The van der Waals surface area contributed by atoms with Crippen LogP contribution in [0.1, 0.15) is 10.5 Å². The van der Waals surface area contributed by atoms with Gasteiger partial charge in [0.2, 0.25) is 0 Å². The second-order valence-corrected chi connectivity index (χ2v) is 7.10. The van der Waals surface area contributed by atoms with Crippen molar-refractivity contribution in [1.29, 1.82) is 0 Å². The molecule has 1 amide bonds. The molecule has 4 rings (SSSR count). The van der Waals surface area contributed by atoms with Gasteiger partial charge in [-0.3, -0.25) is 19.9 Å². The van der Waals surface area contributed by atoms with E-state index in [2.05, 4.69) is 25.2 Å². The summed E-state index contributed by atoms with van der Waals surface area (Å²) in [6, 6.07) is 13.1. The molecule has 1 aliphatic heterocycles. The lowest BCUT2D eigenvalue weighted by molar-refractivity contribution is 0.0398. The number of amides is 1. The van der Waals surface area contributed by atoms with Crippen LogP contribution in [0.2, 0.25) is 0 Å². The number of pyridine rings is 1. The van der Waals surface area contributed by atoms with E-state index in [1.807, 2.05) is 36.4 Å². The third-order valence-corrected chi connectivity index (χ3v) is 5.04. The van der Waals surface area contributed by atoms with Gasteiger partial charge in [-0.2, -0.15) is 0 Å². The monoisotopic (exact) mass is 420 g/mol. The molecule has 0 saturated carbocycles. The van der Waals surface area contributed by atoms with Crippen molar-refractivity contribution in [3.63, 3.8) is 0 Å². The molecule has 9 nitrogen and oxygen atoms in total. The fourth-order valence-corrected chi connectivity index (χ4v) is 3.35. The van der Waals surface area contributed by atoms with Crippen LogP contribution in [0.15, 0.2) is 54.9 Å². The third-order valence-electron chi connectivity index (χ3n) is 5.04. The van der Waals surface area contributed by atoms with Gasteiger partial charge in [-0.1, -0.05) is 30.3 Å². The van der Waals surface area contributed by atoms with Crippen LogP contribution in [0.5, 0.6) is 0 Å². The molecule has 0 bridgehead atoms. The molecule has 0 aliphatic carbocycles. The van der Waals surface area contributed by atoms with Crippen molar-refractivity contribution in [2.24, 2.45) is 0 Å². The van der Waals surface area contributed by atoms with Gasteiger partial charge in [-0.05, 0) is 17.2 Å². The highest BCUT2D eigenvalue weighted by molar-refractivity contribution is 5.92. The fourth-order valence-electron chi connectivity index (χ4n) is 3.35. The molecule has 31 heavy (non-hydrogen) atoms. The van der Waals surface area contributed by atoms with Gasteiger partial charge in [0, 0.05) is 50.2 Å². The van der Waals surface area contributed by atoms with E-state index < -0.39 is 5.91 Å². The second-order valence-electron chi connectivity index (χ2n) is 7.10. The van der Waals surface area contributed by atoms with E-state index >= 15 is 0 Å². The number of carbonyl (C=O) groups is 1. The zero-order valence-electron chi connectivity index (χ0n) is 17.0. The molecule has 160 valence electrons. The van der Waals surface area contributed by atoms with Gasteiger partial charge in [0.15, 0.2) is 5.82 Å². The molecule has 3 N–H and O–H groups in total. The van der Waals surface area contributed by atoms with Crippen LogP contribution in [0.4, 0.5) is 5.82 Å². The minimum absolute atomic E-state index is 0.0812. The minimum Gasteiger partial charge on any atom is -0.379 e. The van der Waals surface area contributed by atoms with E-state index in [1.165, 1.54) is 6.07 Å². The smallest absolute Gasteiger partial charge is 0.293 e. The number of rotatable bonds is 7. The predicted octanol–water partition coefficient (Wildman–Crippen LogP) is 2.07. The lowest BCUT2D eigenvalue weighted by Crippen LogP contribution is -2.39. The van der Waals surface area contributed by atoms with E-state index in [0.29, 0.717) is 18.2 Å². The highest BCUT2D eigenvalue weighted by atomic mass is 16.5. The normalized spacial score (nSPS) is 14.2. The first-order valence-electron chi connectivity index (χ1n) is 10.1. The van der Waals surface area contributed by atoms with Gasteiger partial charge in [-0.15, -0.1) is 0 Å². The zero-order valence-corrected chi connectivity index (χ0v) is 17.0. The summed E-state index contributed by atoms with van der Waals surface area (Å²) >= 11 is 0. The molecule has 3 aromatic rings. The maximum absolute atomic E-state index is 12.0. The Balaban J connectivity index is 1.53. The first-order valence-corrected chi connectivity index (χ1v) is 10.1. The highest BCUT2D eigenvalue weighted by Gasteiger charge is 2.14. The quantitative estimate of drug-likeness (QED) is 0.393. The number of carbonyl (C=O) groups excluding carboxylic acids is 1. The van der Waals surface area contributed by atoms with Crippen molar-refractivity contribution in [3.05, 3.63) is 60.6 Å². The van der Waals surface area contributed by atoms with E-state index in [4.69, 9.17) is 9.94 Å². The summed E-state index contributed by atoms with van der Waals surface area (Å²) in [6.45, 7) is 4.79. The van der Waals surface area contributed by atoms with Crippen molar-refractivity contribution in [2.45, 2.75) is 0 Å².